The van der Waals surface area contributed by atoms with E-state index < -0.39 is 0 Å². The van der Waals surface area contributed by atoms with Crippen molar-refractivity contribution < 1.29 is 4.79 Å². The third-order valence-electron chi connectivity index (χ3n) is 2.79. The van der Waals surface area contributed by atoms with Gasteiger partial charge in [-0.1, -0.05) is 43.2 Å². The number of amidine groups is 1. The zero-order valence-electron chi connectivity index (χ0n) is 11.1. The predicted octanol–water partition coefficient (Wildman–Crippen LogP) is 2.93. The standard InChI is InChI=1S/C15H22N2O/c1-13(18)9-5-2-3-8-12-17-15(16)14-10-6-4-7-11-14/h4,6-7,10-11H,2-3,5,8-9,12H2,1H3,(H2,16,17). The van der Waals surface area contributed by atoms with Crippen molar-refractivity contribution in [3.8, 4) is 0 Å². The summed E-state index contributed by atoms with van der Waals surface area (Å²) in [5, 5.41) is 0. The molecule has 1 aromatic carbocycles. The summed E-state index contributed by atoms with van der Waals surface area (Å²) in [5.74, 6) is 0.890. The molecule has 0 fully saturated rings. The number of Topliss-reactive ketones (excluding diaryl/α,β-unsaturated/α-hetero) is 1. The first-order valence-corrected chi connectivity index (χ1v) is 6.55. The van der Waals surface area contributed by atoms with Gasteiger partial charge in [0, 0.05) is 18.5 Å². The molecule has 0 spiro atoms. The molecule has 0 unspecified atom stereocenters. The van der Waals surface area contributed by atoms with Crippen molar-refractivity contribution in [1.29, 1.82) is 0 Å². The fourth-order valence-electron chi connectivity index (χ4n) is 1.74. The number of carbonyl (C=O) groups excluding carboxylic acids is 1. The monoisotopic (exact) mass is 246 g/mol. The lowest BCUT2D eigenvalue weighted by Gasteiger charge is -2.01. The van der Waals surface area contributed by atoms with Crippen LogP contribution < -0.4 is 5.73 Å². The topological polar surface area (TPSA) is 55.5 Å². The van der Waals surface area contributed by atoms with Crippen molar-refractivity contribution in [2.24, 2.45) is 10.7 Å². The van der Waals surface area contributed by atoms with Gasteiger partial charge >= 0.3 is 0 Å². The number of hydrogen-bond acceptors (Lipinski definition) is 2. The fraction of sp³-hybridized carbons (Fsp3) is 0.467. The Morgan fingerprint density at radius 3 is 2.44 bits per heavy atom. The van der Waals surface area contributed by atoms with Crippen molar-refractivity contribution in [1.82, 2.24) is 0 Å². The molecule has 3 nitrogen and oxygen atoms in total. The number of hydrogen-bond donors (Lipinski definition) is 1. The van der Waals surface area contributed by atoms with Gasteiger partial charge in [0.25, 0.3) is 0 Å². The van der Waals surface area contributed by atoms with Crippen molar-refractivity contribution in [2.45, 2.75) is 39.0 Å². The minimum absolute atomic E-state index is 0.279. The lowest BCUT2D eigenvalue weighted by molar-refractivity contribution is -0.117. The van der Waals surface area contributed by atoms with Crippen LogP contribution in [-0.2, 0) is 4.79 Å². The van der Waals surface area contributed by atoms with E-state index in [1.54, 1.807) is 6.92 Å². The third kappa shape index (κ3) is 6.18. The van der Waals surface area contributed by atoms with Gasteiger partial charge in [-0.05, 0) is 19.8 Å². The molecule has 0 saturated carbocycles. The van der Waals surface area contributed by atoms with E-state index >= 15 is 0 Å². The van der Waals surface area contributed by atoms with Crippen molar-refractivity contribution in [3.05, 3.63) is 35.9 Å². The van der Waals surface area contributed by atoms with Gasteiger partial charge in [-0.3, -0.25) is 4.99 Å². The zero-order valence-corrected chi connectivity index (χ0v) is 11.1. The fourth-order valence-corrected chi connectivity index (χ4v) is 1.74. The van der Waals surface area contributed by atoms with Gasteiger partial charge in [0.2, 0.25) is 0 Å². The molecule has 0 atom stereocenters. The summed E-state index contributed by atoms with van der Waals surface area (Å²) < 4.78 is 0. The molecule has 0 aromatic heterocycles. The smallest absolute Gasteiger partial charge is 0.129 e. The van der Waals surface area contributed by atoms with Gasteiger partial charge in [-0.25, -0.2) is 0 Å². The Balaban J connectivity index is 2.15. The first-order chi connectivity index (χ1) is 8.70. The van der Waals surface area contributed by atoms with E-state index in [4.69, 9.17) is 5.73 Å². The Morgan fingerprint density at radius 1 is 1.11 bits per heavy atom. The van der Waals surface area contributed by atoms with Gasteiger partial charge < -0.3 is 10.5 Å². The van der Waals surface area contributed by atoms with Gasteiger partial charge in [0.05, 0.1) is 0 Å². The average molecular weight is 246 g/mol. The van der Waals surface area contributed by atoms with Gasteiger partial charge in [-0.15, -0.1) is 0 Å². The van der Waals surface area contributed by atoms with E-state index in [-0.39, 0.29) is 5.78 Å². The van der Waals surface area contributed by atoms with E-state index in [1.807, 2.05) is 30.3 Å². The second kappa shape index (κ2) is 8.45. The number of nitrogens with zero attached hydrogens (tertiary/aromatic N) is 1. The Kier molecular flexibility index (Phi) is 6.77. The molecular formula is C15H22N2O. The third-order valence-corrected chi connectivity index (χ3v) is 2.79. The molecule has 0 bridgehead atoms. The largest absolute Gasteiger partial charge is 0.384 e. The van der Waals surface area contributed by atoms with E-state index in [0.717, 1.165) is 37.8 Å². The summed E-state index contributed by atoms with van der Waals surface area (Å²) in [6.45, 7) is 2.41. The highest BCUT2D eigenvalue weighted by Crippen LogP contribution is 2.04. The van der Waals surface area contributed by atoms with Crippen LogP contribution in [0.1, 0.15) is 44.6 Å². The van der Waals surface area contributed by atoms with Gasteiger partial charge in [0.15, 0.2) is 0 Å². The van der Waals surface area contributed by atoms with E-state index in [0.29, 0.717) is 12.3 Å². The van der Waals surface area contributed by atoms with Crippen LogP contribution in [0.3, 0.4) is 0 Å². The van der Waals surface area contributed by atoms with Crippen molar-refractivity contribution in [3.63, 3.8) is 0 Å². The van der Waals surface area contributed by atoms with Crippen LogP contribution >= 0.6 is 0 Å². The number of carbonyl (C=O) groups is 1. The molecule has 1 rings (SSSR count). The van der Waals surface area contributed by atoms with Crippen molar-refractivity contribution in [2.75, 3.05) is 6.54 Å². The van der Waals surface area contributed by atoms with Crippen LogP contribution in [0.5, 0.6) is 0 Å². The maximum atomic E-state index is 10.7. The predicted molar refractivity (Wildman–Crippen MR) is 75.8 cm³/mol. The molecule has 0 aliphatic heterocycles. The molecule has 0 amide bonds. The molecule has 1 aromatic rings. The van der Waals surface area contributed by atoms with Crippen molar-refractivity contribution >= 4 is 11.6 Å². The molecule has 2 N–H and O–H groups in total. The Labute approximate surface area is 109 Å². The Bertz CT molecular complexity index is 385. The molecule has 0 aliphatic carbocycles. The Morgan fingerprint density at radius 2 is 1.78 bits per heavy atom. The highest BCUT2D eigenvalue weighted by Gasteiger charge is 1.96. The van der Waals surface area contributed by atoms with Crippen LogP contribution in [0.4, 0.5) is 0 Å². The zero-order chi connectivity index (χ0) is 13.2. The first kappa shape index (κ1) is 14.4. The molecule has 0 radical (unpaired) electrons. The second-order valence-corrected chi connectivity index (χ2v) is 4.50. The summed E-state index contributed by atoms with van der Waals surface area (Å²) in [5.41, 5.74) is 6.86. The summed E-state index contributed by atoms with van der Waals surface area (Å²) in [4.78, 5) is 15.1. The quantitative estimate of drug-likeness (QED) is 0.435. The number of ketones is 1. The summed E-state index contributed by atoms with van der Waals surface area (Å²) in [6.07, 6.45) is 4.94. The highest BCUT2D eigenvalue weighted by molar-refractivity contribution is 5.97. The van der Waals surface area contributed by atoms with Crippen LogP contribution in [0.2, 0.25) is 0 Å². The van der Waals surface area contributed by atoms with E-state index in [2.05, 4.69) is 4.99 Å². The van der Waals surface area contributed by atoms with Crippen LogP contribution in [-0.4, -0.2) is 18.2 Å². The van der Waals surface area contributed by atoms with Gasteiger partial charge in [0.1, 0.15) is 11.6 Å². The minimum Gasteiger partial charge on any atom is -0.384 e. The first-order valence-electron chi connectivity index (χ1n) is 6.55. The van der Waals surface area contributed by atoms with Crippen LogP contribution in [0.25, 0.3) is 0 Å². The van der Waals surface area contributed by atoms with Gasteiger partial charge in [-0.2, -0.15) is 0 Å². The summed E-state index contributed by atoms with van der Waals surface area (Å²) in [6, 6.07) is 9.81. The van der Waals surface area contributed by atoms with E-state index in [1.165, 1.54) is 0 Å². The number of unbranched alkanes of at least 4 members (excludes halogenated alkanes) is 3. The lowest BCUT2D eigenvalue weighted by Crippen LogP contribution is -2.13. The molecule has 0 heterocycles. The number of nitrogens with two attached hydrogens (primary N) is 1. The number of rotatable bonds is 8. The molecule has 0 saturated heterocycles. The summed E-state index contributed by atoms with van der Waals surface area (Å²) >= 11 is 0. The normalized spacial score (nSPS) is 11.5. The summed E-state index contributed by atoms with van der Waals surface area (Å²) in [7, 11) is 0. The molecule has 98 valence electrons. The molecule has 3 heteroatoms. The average Bonchev–Trinajstić information content (AvgIpc) is 2.38. The molecular weight excluding hydrogens is 224 g/mol. The molecule has 18 heavy (non-hydrogen) atoms. The van der Waals surface area contributed by atoms with Crippen LogP contribution in [0, 0.1) is 0 Å². The van der Waals surface area contributed by atoms with E-state index in [9.17, 15) is 4.79 Å². The maximum absolute atomic E-state index is 10.7. The second-order valence-electron chi connectivity index (χ2n) is 4.50. The number of benzene rings is 1. The SMILES string of the molecule is CC(=O)CCCCCCN=C(N)c1ccccc1. The Hall–Kier alpha value is -1.64. The minimum atomic E-state index is 0.279. The lowest BCUT2D eigenvalue weighted by atomic mass is 10.1. The molecule has 0 aliphatic rings. The highest BCUT2D eigenvalue weighted by atomic mass is 16.1. The number of aliphatic imine (C=N–C) groups is 1. The van der Waals surface area contributed by atoms with Crippen LogP contribution in [0.15, 0.2) is 35.3 Å². The maximum Gasteiger partial charge on any atom is 0.129 e.